The van der Waals surface area contributed by atoms with Gasteiger partial charge in [0.1, 0.15) is 67.1 Å². The Morgan fingerprint density at radius 1 is 0.848 bits per heavy atom. The van der Waals surface area contributed by atoms with Crippen LogP contribution in [0, 0.1) is 0 Å². The van der Waals surface area contributed by atoms with Crippen molar-refractivity contribution in [1.82, 2.24) is 10.6 Å². The molecule has 0 aliphatic carbocycles. The van der Waals surface area contributed by atoms with Gasteiger partial charge in [0.05, 0.1) is 32.0 Å². The summed E-state index contributed by atoms with van der Waals surface area (Å²) in [6.45, 7) is -0.789. The molecule has 266 valence electrons. The summed E-state index contributed by atoms with van der Waals surface area (Å²) in [5, 5.41) is 118. The van der Waals surface area contributed by atoms with Crippen LogP contribution in [0.25, 0.3) is 0 Å². The molecular formula is C25H42N2O19. The number of rotatable bonds is 12. The lowest BCUT2D eigenvalue weighted by Crippen LogP contribution is -2.71. The first-order valence-corrected chi connectivity index (χ1v) is 14.2. The Bertz CT molecular complexity index is 1050. The maximum atomic E-state index is 12.6. The third-order valence-corrected chi connectivity index (χ3v) is 7.87. The van der Waals surface area contributed by atoms with Gasteiger partial charge in [0.25, 0.3) is 5.79 Å². The average molecular weight is 675 g/mol. The van der Waals surface area contributed by atoms with E-state index in [0.29, 0.717) is 0 Å². The van der Waals surface area contributed by atoms with Crippen LogP contribution in [0.15, 0.2) is 0 Å². The van der Waals surface area contributed by atoms with Crippen molar-refractivity contribution >= 4 is 17.8 Å². The maximum absolute atomic E-state index is 12.6. The molecule has 0 aromatic rings. The molecule has 0 saturated carbocycles. The van der Waals surface area contributed by atoms with E-state index in [1.165, 1.54) is 0 Å². The van der Waals surface area contributed by atoms with Crippen molar-refractivity contribution in [2.45, 2.75) is 118 Å². The average Bonchev–Trinajstić information content (AvgIpc) is 2.99. The number of carbonyl (C=O) groups is 3. The second-order valence-electron chi connectivity index (χ2n) is 11.2. The zero-order chi connectivity index (χ0) is 34.7. The highest BCUT2D eigenvalue weighted by molar-refractivity contribution is 5.76. The number of aliphatic hydroxyl groups is 10. The summed E-state index contributed by atoms with van der Waals surface area (Å²) in [6.07, 6.45) is -25.7. The summed E-state index contributed by atoms with van der Waals surface area (Å²) >= 11 is 0. The molecule has 21 nitrogen and oxygen atoms in total. The topological polar surface area (TPSA) is 344 Å². The van der Waals surface area contributed by atoms with E-state index >= 15 is 0 Å². The molecule has 0 aromatic carbocycles. The number of hydrogen-bond donors (Lipinski definition) is 13. The highest BCUT2D eigenvalue weighted by Gasteiger charge is 2.60. The van der Waals surface area contributed by atoms with E-state index < -0.39 is 142 Å². The number of carbonyl (C=O) groups excluding carboxylic acids is 2. The second kappa shape index (κ2) is 15.8. The summed E-state index contributed by atoms with van der Waals surface area (Å²) in [5.74, 6) is -6.46. The van der Waals surface area contributed by atoms with Crippen molar-refractivity contribution in [1.29, 1.82) is 0 Å². The van der Waals surface area contributed by atoms with Crippen LogP contribution in [0.2, 0.25) is 0 Å². The van der Waals surface area contributed by atoms with E-state index in [2.05, 4.69) is 10.6 Å². The Morgan fingerprint density at radius 3 is 1.96 bits per heavy atom. The Balaban J connectivity index is 1.95. The highest BCUT2D eigenvalue weighted by Crippen LogP contribution is 2.38. The zero-order valence-corrected chi connectivity index (χ0v) is 24.7. The van der Waals surface area contributed by atoms with Gasteiger partial charge in [-0.1, -0.05) is 0 Å². The van der Waals surface area contributed by atoms with Crippen LogP contribution in [-0.2, 0) is 38.1 Å². The van der Waals surface area contributed by atoms with Gasteiger partial charge < -0.3 is 90.5 Å². The summed E-state index contributed by atoms with van der Waals surface area (Å²) in [5.41, 5.74) is 0. The molecule has 3 aliphatic rings. The second-order valence-corrected chi connectivity index (χ2v) is 11.2. The van der Waals surface area contributed by atoms with Gasteiger partial charge in [-0.05, 0) is 0 Å². The number of carboxylic acids is 1. The van der Waals surface area contributed by atoms with Gasteiger partial charge in [-0.3, -0.25) is 9.59 Å². The molecule has 3 rings (SSSR count). The van der Waals surface area contributed by atoms with Crippen molar-refractivity contribution in [2.75, 3.05) is 19.8 Å². The Labute approximate surface area is 260 Å². The normalized spacial score (nSPS) is 42.9. The lowest BCUT2D eigenvalue weighted by atomic mass is 9.88. The Morgan fingerprint density at radius 2 is 1.43 bits per heavy atom. The van der Waals surface area contributed by atoms with Crippen LogP contribution in [0.3, 0.4) is 0 Å². The first kappa shape index (κ1) is 38.3. The number of nitrogens with one attached hydrogen (secondary N) is 2. The molecule has 3 fully saturated rings. The molecule has 0 spiro atoms. The van der Waals surface area contributed by atoms with Crippen LogP contribution >= 0.6 is 0 Å². The standard InChI is InChI=1S/C25H42N2O19/c1-7(31)26-13-9(33)3-25(24(40)41,45-20(13)15(35)10(34)4-28)46-21-16(36)11(5-29)43-23(18(21)38)44-19-12(6-30)42-22(39)14(17(19)37)27-8(2)32/h9-23,28-30,33-39H,3-6H2,1-2H3,(H,26,31)(H,27,32)(H,40,41)/t9-,10+,11+,12+,13+,14+,15+,16-,17+,18+,19+,20+,21-,22+,23-,25-/m0/s1. The maximum Gasteiger partial charge on any atom is 0.364 e. The van der Waals surface area contributed by atoms with Crippen molar-refractivity contribution < 1.29 is 94.2 Å². The van der Waals surface area contributed by atoms with Gasteiger partial charge in [-0.15, -0.1) is 0 Å². The minimum atomic E-state index is -3.04. The molecule has 0 aromatic heterocycles. The van der Waals surface area contributed by atoms with E-state index in [9.17, 15) is 70.6 Å². The monoisotopic (exact) mass is 674 g/mol. The fraction of sp³-hybridized carbons (Fsp3) is 0.880. The molecule has 0 radical (unpaired) electrons. The van der Waals surface area contributed by atoms with E-state index in [0.717, 1.165) is 13.8 Å². The van der Waals surface area contributed by atoms with Gasteiger partial charge in [0.15, 0.2) is 12.6 Å². The number of ether oxygens (including phenoxy) is 5. The van der Waals surface area contributed by atoms with Crippen molar-refractivity contribution in [3.8, 4) is 0 Å². The molecule has 3 saturated heterocycles. The summed E-state index contributed by atoms with van der Waals surface area (Å²) < 4.78 is 27.4. The van der Waals surface area contributed by atoms with Crippen LogP contribution in [0.5, 0.6) is 0 Å². The number of aliphatic carboxylic acids is 1. The third kappa shape index (κ3) is 8.08. The van der Waals surface area contributed by atoms with Gasteiger partial charge >= 0.3 is 5.97 Å². The SMILES string of the molecule is CC(=O)N[C@@H]1[C@@H](O)[C@H](O[C@@H]2O[C@H](CO)[C@H](O)[C@H](O[C@]3(C(=O)O)C[C@H](O)[C@@H](NC(C)=O)[C@H]([C@H](O)[C@H](O)CO)O3)[C@H]2O)[C@@H](CO)O[C@H]1O. The molecule has 16 atom stereocenters. The van der Waals surface area contributed by atoms with Gasteiger partial charge in [0, 0.05) is 20.3 Å². The fourth-order valence-corrected chi connectivity index (χ4v) is 5.57. The zero-order valence-electron chi connectivity index (χ0n) is 24.7. The summed E-state index contributed by atoms with van der Waals surface area (Å²) in [6, 6.07) is -3.05. The Kier molecular flexibility index (Phi) is 13.1. The molecule has 0 unspecified atom stereocenters. The summed E-state index contributed by atoms with van der Waals surface area (Å²) in [4.78, 5) is 36.0. The predicted molar refractivity (Wildman–Crippen MR) is 142 cm³/mol. The first-order valence-electron chi connectivity index (χ1n) is 14.2. The van der Waals surface area contributed by atoms with Crippen LogP contribution in [0.1, 0.15) is 20.3 Å². The lowest BCUT2D eigenvalue weighted by molar-refractivity contribution is -0.382. The molecule has 46 heavy (non-hydrogen) atoms. The molecule has 3 aliphatic heterocycles. The smallest absolute Gasteiger partial charge is 0.364 e. The van der Waals surface area contributed by atoms with Gasteiger partial charge in [0.2, 0.25) is 11.8 Å². The molecular weight excluding hydrogens is 632 g/mol. The van der Waals surface area contributed by atoms with Crippen LogP contribution in [0.4, 0.5) is 0 Å². The van der Waals surface area contributed by atoms with E-state index in [1.54, 1.807) is 0 Å². The Hall–Kier alpha value is -2.19. The number of hydrogen-bond acceptors (Lipinski definition) is 18. The number of aliphatic hydroxyl groups excluding tert-OH is 10. The number of amides is 2. The van der Waals surface area contributed by atoms with E-state index in [-0.39, 0.29) is 0 Å². The van der Waals surface area contributed by atoms with Crippen molar-refractivity contribution in [2.24, 2.45) is 0 Å². The van der Waals surface area contributed by atoms with E-state index in [1.807, 2.05) is 0 Å². The summed E-state index contributed by atoms with van der Waals surface area (Å²) in [7, 11) is 0. The molecule has 21 heteroatoms. The van der Waals surface area contributed by atoms with Crippen LogP contribution < -0.4 is 10.6 Å². The van der Waals surface area contributed by atoms with Crippen molar-refractivity contribution in [3.63, 3.8) is 0 Å². The van der Waals surface area contributed by atoms with E-state index in [4.69, 9.17) is 23.7 Å². The minimum Gasteiger partial charge on any atom is -0.477 e. The number of carboxylic acid groups (broad SMARTS) is 1. The predicted octanol–water partition coefficient (Wildman–Crippen LogP) is -8.08. The molecule has 13 N–H and O–H groups in total. The largest absolute Gasteiger partial charge is 0.477 e. The lowest BCUT2D eigenvalue weighted by Gasteiger charge is -2.50. The molecule has 2 amide bonds. The minimum absolute atomic E-state index is 0.692. The molecule has 3 heterocycles. The van der Waals surface area contributed by atoms with Crippen LogP contribution in [-0.4, -0.2) is 191 Å². The molecule has 0 bridgehead atoms. The van der Waals surface area contributed by atoms with Crippen molar-refractivity contribution in [3.05, 3.63) is 0 Å². The third-order valence-electron chi connectivity index (χ3n) is 7.87. The van der Waals surface area contributed by atoms with Gasteiger partial charge in [-0.2, -0.15) is 0 Å². The highest BCUT2D eigenvalue weighted by atomic mass is 16.8. The van der Waals surface area contributed by atoms with Gasteiger partial charge in [-0.25, -0.2) is 4.79 Å². The first-order chi connectivity index (χ1) is 21.5. The fourth-order valence-electron chi connectivity index (χ4n) is 5.57. The quantitative estimate of drug-likeness (QED) is 0.0913.